The Kier molecular flexibility index (Phi) is 2.64. The van der Waals surface area contributed by atoms with Gasteiger partial charge in [0.1, 0.15) is 0 Å². The third-order valence-corrected chi connectivity index (χ3v) is 2.60. The van der Waals surface area contributed by atoms with Gasteiger partial charge in [-0.2, -0.15) is 0 Å². The zero-order chi connectivity index (χ0) is 10.8. The van der Waals surface area contributed by atoms with Crippen LogP contribution in [0.3, 0.4) is 0 Å². The van der Waals surface area contributed by atoms with E-state index in [-0.39, 0.29) is 5.88 Å². The Morgan fingerprint density at radius 2 is 2.00 bits per heavy atom. The molecule has 1 aromatic carbocycles. The Morgan fingerprint density at radius 3 is 2.53 bits per heavy atom. The van der Waals surface area contributed by atoms with Crippen LogP contribution in [0, 0.1) is 6.92 Å². The van der Waals surface area contributed by atoms with Crippen molar-refractivity contribution >= 4 is 11.6 Å². The average molecular weight is 223 g/mol. The maximum Gasteiger partial charge on any atom is 0.233 e. The number of nitrogens with one attached hydrogen (secondary N) is 1. The van der Waals surface area contributed by atoms with E-state index in [1.165, 1.54) is 0 Å². The van der Waals surface area contributed by atoms with Gasteiger partial charge in [-0.15, -0.1) is 5.10 Å². The first-order chi connectivity index (χ1) is 7.16. The number of H-pyrrole nitrogens is 1. The molecule has 4 heteroatoms. The summed E-state index contributed by atoms with van der Waals surface area (Å²) in [4.78, 5) is 0. The third-order valence-electron chi connectivity index (χ3n) is 2.35. The molecule has 0 aliphatic carbocycles. The van der Waals surface area contributed by atoms with Crippen LogP contribution in [0.5, 0.6) is 5.88 Å². The Hall–Kier alpha value is -1.48. The minimum absolute atomic E-state index is 0.0717. The topological polar surface area (TPSA) is 48.9 Å². The van der Waals surface area contributed by atoms with Gasteiger partial charge in [-0.1, -0.05) is 23.7 Å². The van der Waals surface area contributed by atoms with Crippen molar-refractivity contribution in [3.8, 4) is 5.88 Å². The fraction of sp³-hybridized carbons (Fsp3) is 0.182. The van der Waals surface area contributed by atoms with Gasteiger partial charge in [-0.3, -0.25) is 5.10 Å². The standard InChI is InChI=1S/C11H11ClN2O/c1-7-10(11(15)14-13-7)6-8-2-4-9(12)5-3-8/h2-5H,6H2,1H3,(H2,13,14,15). The number of aromatic amines is 1. The predicted molar refractivity (Wildman–Crippen MR) is 59.2 cm³/mol. The summed E-state index contributed by atoms with van der Waals surface area (Å²) in [5.74, 6) is 0.0717. The lowest BCUT2D eigenvalue weighted by atomic mass is 10.1. The summed E-state index contributed by atoms with van der Waals surface area (Å²) in [5, 5.41) is 16.7. The number of aromatic hydroxyl groups is 1. The SMILES string of the molecule is Cc1[nH]nc(O)c1Cc1ccc(Cl)cc1. The van der Waals surface area contributed by atoms with E-state index >= 15 is 0 Å². The highest BCUT2D eigenvalue weighted by Crippen LogP contribution is 2.21. The zero-order valence-corrected chi connectivity index (χ0v) is 9.04. The van der Waals surface area contributed by atoms with Gasteiger partial charge in [0.25, 0.3) is 0 Å². The molecule has 0 spiro atoms. The van der Waals surface area contributed by atoms with Gasteiger partial charge < -0.3 is 5.11 Å². The number of rotatable bonds is 2. The summed E-state index contributed by atoms with van der Waals surface area (Å²) in [6.07, 6.45) is 0.658. The minimum atomic E-state index is 0.0717. The van der Waals surface area contributed by atoms with E-state index in [0.29, 0.717) is 11.4 Å². The van der Waals surface area contributed by atoms with E-state index in [9.17, 15) is 5.11 Å². The zero-order valence-electron chi connectivity index (χ0n) is 8.29. The molecule has 2 rings (SSSR count). The van der Waals surface area contributed by atoms with Crippen LogP contribution in [0.4, 0.5) is 0 Å². The van der Waals surface area contributed by atoms with Crippen LogP contribution < -0.4 is 0 Å². The van der Waals surface area contributed by atoms with Crippen molar-refractivity contribution in [2.24, 2.45) is 0 Å². The molecular weight excluding hydrogens is 212 g/mol. The van der Waals surface area contributed by atoms with Crippen molar-refractivity contribution in [1.29, 1.82) is 0 Å². The van der Waals surface area contributed by atoms with Crippen molar-refractivity contribution in [2.45, 2.75) is 13.3 Å². The molecule has 78 valence electrons. The summed E-state index contributed by atoms with van der Waals surface area (Å²) in [6.45, 7) is 1.89. The Balaban J connectivity index is 2.25. The highest BCUT2D eigenvalue weighted by molar-refractivity contribution is 6.30. The molecule has 0 saturated carbocycles. The second-order valence-electron chi connectivity index (χ2n) is 3.45. The van der Waals surface area contributed by atoms with Crippen LogP contribution in [0.1, 0.15) is 16.8 Å². The molecule has 1 heterocycles. The number of benzene rings is 1. The van der Waals surface area contributed by atoms with Gasteiger partial charge in [0.2, 0.25) is 5.88 Å². The van der Waals surface area contributed by atoms with Crippen molar-refractivity contribution in [1.82, 2.24) is 10.2 Å². The van der Waals surface area contributed by atoms with Gasteiger partial charge in [0, 0.05) is 22.7 Å². The second kappa shape index (κ2) is 3.95. The molecule has 3 nitrogen and oxygen atoms in total. The molecule has 0 aliphatic rings. The maximum atomic E-state index is 9.48. The molecule has 0 atom stereocenters. The van der Waals surface area contributed by atoms with E-state index in [1.54, 1.807) is 0 Å². The van der Waals surface area contributed by atoms with Crippen LogP contribution >= 0.6 is 11.6 Å². The third kappa shape index (κ3) is 2.13. The number of hydrogen-bond donors (Lipinski definition) is 2. The minimum Gasteiger partial charge on any atom is -0.492 e. The van der Waals surface area contributed by atoms with Gasteiger partial charge in [0.05, 0.1) is 0 Å². The van der Waals surface area contributed by atoms with E-state index in [0.717, 1.165) is 16.8 Å². The number of aryl methyl sites for hydroxylation is 1. The molecule has 0 unspecified atom stereocenters. The summed E-state index contributed by atoms with van der Waals surface area (Å²) in [7, 11) is 0. The molecule has 0 fully saturated rings. The highest BCUT2D eigenvalue weighted by Gasteiger charge is 2.09. The van der Waals surface area contributed by atoms with Crippen LogP contribution in [-0.4, -0.2) is 15.3 Å². The Morgan fingerprint density at radius 1 is 1.33 bits per heavy atom. The first-order valence-electron chi connectivity index (χ1n) is 4.64. The van der Waals surface area contributed by atoms with Gasteiger partial charge in [0.15, 0.2) is 0 Å². The van der Waals surface area contributed by atoms with Crippen molar-refractivity contribution < 1.29 is 5.11 Å². The Bertz CT molecular complexity index is 442. The van der Waals surface area contributed by atoms with Gasteiger partial charge in [-0.25, -0.2) is 0 Å². The molecule has 0 amide bonds. The number of halogens is 1. The molecule has 15 heavy (non-hydrogen) atoms. The van der Waals surface area contributed by atoms with Crippen molar-refractivity contribution in [3.05, 3.63) is 46.1 Å². The van der Waals surface area contributed by atoms with Crippen LogP contribution in [0.15, 0.2) is 24.3 Å². The molecule has 1 aromatic heterocycles. The molecule has 0 aliphatic heterocycles. The lowest BCUT2D eigenvalue weighted by Crippen LogP contribution is -1.89. The van der Waals surface area contributed by atoms with Crippen molar-refractivity contribution in [2.75, 3.05) is 0 Å². The van der Waals surface area contributed by atoms with E-state index < -0.39 is 0 Å². The fourth-order valence-electron chi connectivity index (χ4n) is 1.46. The lowest BCUT2D eigenvalue weighted by molar-refractivity contribution is 0.447. The summed E-state index contributed by atoms with van der Waals surface area (Å²) >= 11 is 5.79. The van der Waals surface area contributed by atoms with Crippen LogP contribution in [0.2, 0.25) is 5.02 Å². The molecule has 0 bridgehead atoms. The second-order valence-corrected chi connectivity index (χ2v) is 3.89. The summed E-state index contributed by atoms with van der Waals surface area (Å²) < 4.78 is 0. The van der Waals surface area contributed by atoms with Gasteiger partial charge in [-0.05, 0) is 24.6 Å². The molecule has 0 radical (unpaired) electrons. The highest BCUT2D eigenvalue weighted by atomic mass is 35.5. The quantitative estimate of drug-likeness (QED) is 0.821. The molecule has 0 saturated heterocycles. The number of hydrogen-bond acceptors (Lipinski definition) is 2. The first-order valence-corrected chi connectivity index (χ1v) is 5.02. The average Bonchev–Trinajstić information content (AvgIpc) is 2.53. The molecular formula is C11H11ClN2O. The maximum absolute atomic E-state index is 9.48. The van der Waals surface area contributed by atoms with Crippen LogP contribution in [0.25, 0.3) is 0 Å². The number of nitrogens with zero attached hydrogens (tertiary/aromatic N) is 1. The number of aromatic nitrogens is 2. The largest absolute Gasteiger partial charge is 0.492 e. The smallest absolute Gasteiger partial charge is 0.233 e. The van der Waals surface area contributed by atoms with Crippen molar-refractivity contribution in [3.63, 3.8) is 0 Å². The van der Waals surface area contributed by atoms with Crippen LogP contribution in [-0.2, 0) is 6.42 Å². The summed E-state index contributed by atoms with van der Waals surface area (Å²) in [6, 6.07) is 7.55. The lowest BCUT2D eigenvalue weighted by Gasteiger charge is -2.01. The Labute approximate surface area is 92.7 Å². The molecule has 2 N–H and O–H groups in total. The summed E-state index contributed by atoms with van der Waals surface area (Å²) in [5.41, 5.74) is 2.82. The van der Waals surface area contributed by atoms with E-state index in [1.807, 2.05) is 31.2 Å². The predicted octanol–water partition coefficient (Wildman–Crippen LogP) is 2.67. The monoisotopic (exact) mass is 222 g/mol. The van der Waals surface area contributed by atoms with E-state index in [2.05, 4.69) is 10.2 Å². The first kappa shape index (κ1) is 10.1. The normalized spacial score (nSPS) is 10.5. The van der Waals surface area contributed by atoms with Gasteiger partial charge >= 0.3 is 0 Å². The fourth-order valence-corrected chi connectivity index (χ4v) is 1.58. The van der Waals surface area contributed by atoms with E-state index in [4.69, 9.17) is 11.6 Å². The molecule has 2 aromatic rings.